The van der Waals surface area contributed by atoms with Crippen molar-refractivity contribution in [3.63, 3.8) is 0 Å². The van der Waals surface area contributed by atoms with Gasteiger partial charge in [0.25, 0.3) is 5.91 Å². The normalized spacial score (nSPS) is 20.4. The smallest absolute Gasteiger partial charge is 0.257 e. The molecule has 3 heterocycles. The topological polar surface area (TPSA) is 41.4 Å². The van der Waals surface area contributed by atoms with Gasteiger partial charge in [-0.3, -0.25) is 14.4 Å². The average molecular weight is 483 g/mol. The number of amides is 1. The number of hydrogen-bond acceptors (Lipinski definition) is 4. The lowest BCUT2D eigenvalue weighted by Gasteiger charge is -2.25. The Morgan fingerprint density at radius 2 is 1.84 bits per heavy atom. The Labute approximate surface area is 202 Å². The molecule has 2 fully saturated rings. The van der Waals surface area contributed by atoms with Gasteiger partial charge in [-0.25, -0.2) is 0 Å². The van der Waals surface area contributed by atoms with Crippen molar-refractivity contribution in [2.45, 2.75) is 38.7 Å². The molecule has 0 saturated carbocycles. The Morgan fingerprint density at radius 3 is 2.56 bits per heavy atom. The summed E-state index contributed by atoms with van der Waals surface area (Å²) in [7, 11) is 0. The first-order valence-corrected chi connectivity index (χ1v) is 12.3. The highest BCUT2D eigenvalue weighted by atomic mass is 35.5. The van der Waals surface area contributed by atoms with E-state index in [9.17, 15) is 4.79 Å². The van der Waals surface area contributed by atoms with Crippen molar-refractivity contribution in [1.29, 1.82) is 0 Å². The minimum Gasteiger partial charge on any atom is -0.319 e. The van der Waals surface area contributed by atoms with Crippen LogP contribution in [-0.4, -0.2) is 37.5 Å². The number of aromatic nitrogens is 2. The highest BCUT2D eigenvalue weighted by Gasteiger charge is 2.51. The monoisotopic (exact) mass is 482 g/mol. The number of nitrogens with zero attached hydrogens (tertiary/aromatic N) is 4. The van der Waals surface area contributed by atoms with Crippen molar-refractivity contribution in [3.8, 4) is 0 Å². The maximum atomic E-state index is 13.5. The van der Waals surface area contributed by atoms with Crippen LogP contribution >= 0.6 is 35.6 Å². The van der Waals surface area contributed by atoms with E-state index in [2.05, 4.69) is 36.1 Å². The van der Waals surface area contributed by atoms with Crippen molar-refractivity contribution in [1.82, 2.24) is 14.7 Å². The predicted octanol–water partition coefficient (Wildman–Crippen LogP) is 5.26. The molecule has 5 nitrogen and oxygen atoms in total. The van der Waals surface area contributed by atoms with Crippen LogP contribution in [0.15, 0.2) is 48.5 Å². The summed E-state index contributed by atoms with van der Waals surface area (Å²) in [5.41, 5.74) is 5.84. The molecule has 0 aliphatic carbocycles. The van der Waals surface area contributed by atoms with Crippen LogP contribution in [0, 0.1) is 20.8 Å². The molecule has 2 aliphatic rings. The molecular formula is C24H23ClN4OS2. The number of carbonyl (C=O) groups excluding carboxylic acids is 1. The van der Waals surface area contributed by atoms with Gasteiger partial charge in [-0.1, -0.05) is 59.6 Å². The van der Waals surface area contributed by atoms with Crippen molar-refractivity contribution < 1.29 is 4.79 Å². The Bertz CT molecular complexity index is 1220. The summed E-state index contributed by atoms with van der Waals surface area (Å²) in [5, 5.41) is 6.02. The van der Waals surface area contributed by atoms with Crippen LogP contribution in [0.3, 0.4) is 0 Å². The molecular weight excluding hydrogens is 460 g/mol. The maximum Gasteiger partial charge on any atom is 0.257 e. The molecule has 2 aromatic carbocycles. The zero-order valence-electron chi connectivity index (χ0n) is 18.1. The minimum absolute atomic E-state index is 0.0283. The summed E-state index contributed by atoms with van der Waals surface area (Å²) in [6, 6.07) is 16.0. The fourth-order valence-corrected chi connectivity index (χ4v) is 6.54. The molecule has 1 amide bonds. The molecule has 2 aliphatic heterocycles. The van der Waals surface area contributed by atoms with Crippen LogP contribution in [0.2, 0.25) is 5.02 Å². The molecule has 32 heavy (non-hydrogen) atoms. The standard InChI is InChI=1S/C24H23ClN4OS2/c1-14-8-10-17(11-9-14)23-28-20(13-32-23)22(30)29(24(28)31)21-15(2)26-27(16(21)3)12-18-6-4-5-7-19(18)25/h4-11,20,23H,12-13H2,1-3H3/t20-,23-/m0/s1. The molecule has 2 saturated heterocycles. The van der Waals surface area contributed by atoms with E-state index in [1.807, 2.05) is 42.8 Å². The number of aryl methyl sites for hydroxylation is 2. The SMILES string of the molecule is Cc1ccc([C@@H]2SC[C@H]3C(=O)N(c4c(C)nn(Cc5ccccc5Cl)c4C)C(=S)N32)cc1. The average Bonchev–Trinajstić information content (AvgIpc) is 3.39. The number of anilines is 1. The number of fused-ring (bicyclic) bond motifs is 1. The minimum atomic E-state index is -0.246. The van der Waals surface area contributed by atoms with Gasteiger partial charge in [-0.15, -0.1) is 11.8 Å². The third-order valence-electron chi connectivity index (χ3n) is 6.13. The van der Waals surface area contributed by atoms with Crippen LogP contribution in [0.1, 0.15) is 33.5 Å². The molecule has 0 N–H and O–H groups in total. The summed E-state index contributed by atoms with van der Waals surface area (Å²) < 4.78 is 1.90. The third kappa shape index (κ3) is 3.43. The maximum absolute atomic E-state index is 13.5. The summed E-state index contributed by atoms with van der Waals surface area (Å²) in [6.07, 6.45) is 0. The number of thiocarbonyl (C=S) groups is 1. The van der Waals surface area contributed by atoms with Crippen LogP contribution in [0.25, 0.3) is 0 Å². The van der Waals surface area contributed by atoms with E-state index >= 15 is 0 Å². The highest BCUT2D eigenvalue weighted by Crippen LogP contribution is 2.47. The fourth-order valence-electron chi connectivity index (χ4n) is 4.44. The van der Waals surface area contributed by atoms with Gasteiger partial charge in [-0.05, 0) is 50.2 Å². The van der Waals surface area contributed by atoms with Gasteiger partial charge in [-0.2, -0.15) is 5.10 Å². The van der Waals surface area contributed by atoms with Crippen LogP contribution in [-0.2, 0) is 11.3 Å². The van der Waals surface area contributed by atoms with Gasteiger partial charge in [0.1, 0.15) is 11.4 Å². The van der Waals surface area contributed by atoms with E-state index in [1.165, 1.54) is 11.1 Å². The van der Waals surface area contributed by atoms with E-state index in [0.717, 1.165) is 28.4 Å². The molecule has 3 aromatic rings. The first-order valence-electron chi connectivity index (χ1n) is 10.5. The van der Waals surface area contributed by atoms with Gasteiger partial charge >= 0.3 is 0 Å². The summed E-state index contributed by atoms with van der Waals surface area (Å²) in [6.45, 7) is 6.52. The van der Waals surface area contributed by atoms with Crippen molar-refractivity contribution in [2.75, 3.05) is 10.7 Å². The molecule has 1 aromatic heterocycles. The molecule has 0 spiro atoms. The number of halogens is 1. The third-order valence-corrected chi connectivity index (χ3v) is 8.21. The molecule has 0 unspecified atom stereocenters. The van der Waals surface area contributed by atoms with Gasteiger partial charge in [0.05, 0.1) is 23.6 Å². The zero-order valence-corrected chi connectivity index (χ0v) is 20.5. The first kappa shape index (κ1) is 21.5. The summed E-state index contributed by atoms with van der Waals surface area (Å²) in [4.78, 5) is 17.3. The Balaban J connectivity index is 1.48. The Hall–Kier alpha value is -2.35. The second-order valence-corrected chi connectivity index (χ2v) is 10.1. The Kier molecular flexibility index (Phi) is 5.51. The highest BCUT2D eigenvalue weighted by molar-refractivity contribution is 7.99. The van der Waals surface area contributed by atoms with Gasteiger partial charge in [0.2, 0.25) is 0 Å². The fraction of sp³-hybridized carbons (Fsp3) is 0.292. The summed E-state index contributed by atoms with van der Waals surface area (Å²) >= 11 is 14.0. The van der Waals surface area contributed by atoms with E-state index in [0.29, 0.717) is 16.7 Å². The van der Waals surface area contributed by atoms with Crippen molar-refractivity contribution in [2.24, 2.45) is 0 Å². The van der Waals surface area contributed by atoms with Gasteiger partial charge in [0, 0.05) is 10.8 Å². The lowest BCUT2D eigenvalue weighted by molar-refractivity contribution is -0.119. The number of rotatable bonds is 4. The molecule has 0 radical (unpaired) electrons. The second-order valence-electron chi connectivity index (χ2n) is 8.24. The quantitative estimate of drug-likeness (QED) is 0.474. The molecule has 5 rings (SSSR count). The van der Waals surface area contributed by atoms with Gasteiger partial charge < -0.3 is 4.90 Å². The van der Waals surface area contributed by atoms with Crippen LogP contribution < -0.4 is 4.90 Å². The van der Waals surface area contributed by atoms with E-state index < -0.39 is 0 Å². The zero-order chi connectivity index (χ0) is 22.6. The number of thioether (sulfide) groups is 1. The first-order chi connectivity index (χ1) is 15.4. The van der Waals surface area contributed by atoms with E-state index in [-0.39, 0.29) is 17.3 Å². The molecule has 8 heteroatoms. The molecule has 2 atom stereocenters. The van der Waals surface area contributed by atoms with E-state index in [4.69, 9.17) is 28.9 Å². The largest absolute Gasteiger partial charge is 0.319 e. The van der Waals surface area contributed by atoms with Crippen LogP contribution in [0.5, 0.6) is 0 Å². The van der Waals surface area contributed by atoms with Crippen molar-refractivity contribution in [3.05, 3.63) is 81.6 Å². The van der Waals surface area contributed by atoms with E-state index in [1.54, 1.807) is 16.7 Å². The number of benzene rings is 2. The lowest BCUT2D eigenvalue weighted by atomic mass is 10.1. The second kappa shape index (κ2) is 8.21. The molecule has 164 valence electrons. The number of carbonyl (C=O) groups is 1. The predicted molar refractivity (Wildman–Crippen MR) is 134 cm³/mol. The molecule has 0 bridgehead atoms. The summed E-state index contributed by atoms with van der Waals surface area (Å²) in [5.74, 6) is 0.750. The Morgan fingerprint density at radius 1 is 1.12 bits per heavy atom. The van der Waals surface area contributed by atoms with Crippen LogP contribution in [0.4, 0.5) is 5.69 Å². The number of hydrogen-bond donors (Lipinski definition) is 0. The van der Waals surface area contributed by atoms with Crippen molar-refractivity contribution >= 4 is 52.3 Å². The lowest BCUT2D eigenvalue weighted by Crippen LogP contribution is -2.34. The van der Waals surface area contributed by atoms with Gasteiger partial charge in [0.15, 0.2) is 5.11 Å².